The summed E-state index contributed by atoms with van der Waals surface area (Å²) in [5, 5.41) is 2.68. The Kier molecular flexibility index (Phi) is 4.92. The Balaban J connectivity index is 2.36. The lowest BCUT2D eigenvalue weighted by Crippen LogP contribution is -2.41. The summed E-state index contributed by atoms with van der Waals surface area (Å²) in [4.78, 5) is 11.6. The van der Waals surface area contributed by atoms with Crippen LogP contribution in [0.25, 0.3) is 0 Å². The fourth-order valence-electron chi connectivity index (χ4n) is 1.46. The monoisotopic (exact) mass is 273 g/mol. The predicted octanol–water partition coefficient (Wildman–Crippen LogP) is -0.597. The molecule has 1 rings (SSSR count). The smallest absolute Gasteiger partial charge is 0.237 e. The Bertz CT molecular complexity index is 507. The molecule has 0 spiro atoms. The summed E-state index contributed by atoms with van der Waals surface area (Å²) in [5.74, 6) is -0.407. The molecule has 0 bridgehead atoms. The quantitative estimate of drug-likeness (QED) is 0.724. The summed E-state index contributed by atoms with van der Waals surface area (Å²) in [6, 6.07) is 1.10. The Labute approximate surface area is 107 Å². The van der Waals surface area contributed by atoms with E-state index in [9.17, 15) is 13.2 Å². The van der Waals surface area contributed by atoms with Crippen molar-refractivity contribution in [2.24, 2.45) is 12.8 Å². The van der Waals surface area contributed by atoms with Gasteiger partial charge < -0.3 is 15.6 Å². The van der Waals surface area contributed by atoms with Gasteiger partial charge >= 0.3 is 0 Å². The molecule has 3 N–H and O–H groups in total. The van der Waals surface area contributed by atoms with Crippen LogP contribution in [0.4, 0.5) is 0 Å². The van der Waals surface area contributed by atoms with Gasteiger partial charge in [-0.3, -0.25) is 4.79 Å². The van der Waals surface area contributed by atoms with Crippen molar-refractivity contribution >= 4 is 15.7 Å². The number of amides is 1. The maximum Gasteiger partial charge on any atom is 0.237 e. The van der Waals surface area contributed by atoms with Gasteiger partial charge in [-0.1, -0.05) is 0 Å². The fraction of sp³-hybridized carbons (Fsp3) is 0.545. The van der Waals surface area contributed by atoms with Crippen molar-refractivity contribution in [1.29, 1.82) is 0 Å². The van der Waals surface area contributed by atoms with Crippen molar-refractivity contribution in [2.45, 2.75) is 19.0 Å². The molecule has 0 fully saturated rings. The van der Waals surface area contributed by atoms with Crippen LogP contribution in [0.3, 0.4) is 0 Å². The molecule has 0 aromatic carbocycles. The van der Waals surface area contributed by atoms with Crippen molar-refractivity contribution in [3.63, 3.8) is 0 Å². The van der Waals surface area contributed by atoms with Crippen LogP contribution >= 0.6 is 0 Å². The zero-order chi connectivity index (χ0) is 13.8. The molecular weight excluding hydrogens is 254 g/mol. The van der Waals surface area contributed by atoms with Crippen molar-refractivity contribution in [3.05, 3.63) is 24.0 Å². The predicted molar refractivity (Wildman–Crippen MR) is 69.6 cm³/mol. The van der Waals surface area contributed by atoms with Gasteiger partial charge in [-0.2, -0.15) is 0 Å². The van der Waals surface area contributed by atoms with E-state index >= 15 is 0 Å². The molecule has 1 aromatic heterocycles. The van der Waals surface area contributed by atoms with Crippen LogP contribution < -0.4 is 11.1 Å². The second-order valence-corrected chi connectivity index (χ2v) is 6.69. The number of aromatic nitrogens is 1. The molecule has 0 aliphatic rings. The lowest BCUT2D eigenvalue weighted by molar-refractivity contribution is -0.122. The average Bonchev–Trinajstić information content (AvgIpc) is 2.67. The molecule has 6 nitrogen and oxygen atoms in total. The van der Waals surface area contributed by atoms with E-state index in [2.05, 4.69) is 5.32 Å². The zero-order valence-corrected chi connectivity index (χ0v) is 11.4. The highest BCUT2D eigenvalue weighted by Gasteiger charge is 2.15. The lowest BCUT2D eigenvalue weighted by atomic mass is 10.2. The third-order valence-corrected chi connectivity index (χ3v) is 3.47. The van der Waals surface area contributed by atoms with Gasteiger partial charge in [0.25, 0.3) is 0 Å². The van der Waals surface area contributed by atoms with Crippen LogP contribution in [0.15, 0.2) is 18.5 Å². The van der Waals surface area contributed by atoms with Gasteiger partial charge in [0.05, 0.1) is 11.8 Å². The highest BCUT2D eigenvalue weighted by Crippen LogP contribution is 1.99. The molecule has 0 saturated carbocycles. The summed E-state index contributed by atoms with van der Waals surface area (Å²) in [7, 11) is -1.19. The SMILES string of the molecule is Cn1ccc(CNC(=O)C(N)CCS(C)(=O)=O)c1. The van der Waals surface area contributed by atoms with Crippen molar-refractivity contribution in [1.82, 2.24) is 9.88 Å². The van der Waals surface area contributed by atoms with Crippen molar-refractivity contribution in [2.75, 3.05) is 12.0 Å². The van der Waals surface area contributed by atoms with E-state index in [-0.39, 0.29) is 18.1 Å². The molecule has 18 heavy (non-hydrogen) atoms. The molecule has 0 aliphatic carbocycles. The first-order valence-corrected chi connectivity index (χ1v) is 7.66. The molecule has 0 saturated heterocycles. The van der Waals surface area contributed by atoms with Gasteiger partial charge in [-0.05, 0) is 18.1 Å². The first kappa shape index (κ1) is 14.7. The fourth-order valence-corrected chi connectivity index (χ4v) is 2.14. The Hall–Kier alpha value is -1.34. The van der Waals surface area contributed by atoms with E-state index in [1.54, 1.807) is 0 Å². The average molecular weight is 273 g/mol. The lowest BCUT2D eigenvalue weighted by Gasteiger charge is -2.11. The number of hydrogen-bond donors (Lipinski definition) is 2. The van der Waals surface area contributed by atoms with Crippen LogP contribution in [0.2, 0.25) is 0 Å². The van der Waals surface area contributed by atoms with E-state index in [0.717, 1.165) is 11.8 Å². The molecule has 1 amide bonds. The first-order valence-electron chi connectivity index (χ1n) is 5.60. The minimum absolute atomic E-state index is 0.0765. The Morgan fingerprint density at radius 2 is 2.22 bits per heavy atom. The van der Waals surface area contributed by atoms with Crippen LogP contribution in [0, 0.1) is 0 Å². The topological polar surface area (TPSA) is 94.2 Å². The number of aryl methyl sites for hydroxylation is 1. The summed E-state index contributed by atoms with van der Waals surface area (Å²) in [6.45, 7) is 0.395. The number of carbonyl (C=O) groups excluding carboxylic acids is 1. The number of nitrogens with two attached hydrogens (primary N) is 1. The van der Waals surface area contributed by atoms with Gasteiger partial charge in [0.2, 0.25) is 5.91 Å². The Morgan fingerprint density at radius 1 is 1.56 bits per heavy atom. The van der Waals surface area contributed by atoms with E-state index in [1.165, 1.54) is 0 Å². The number of rotatable bonds is 6. The molecule has 0 radical (unpaired) electrons. The van der Waals surface area contributed by atoms with E-state index in [0.29, 0.717) is 6.54 Å². The number of carbonyl (C=O) groups is 1. The molecule has 0 aliphatic heterocycles. The minimum Gasteiger partial charge on any atom is -0.357 e. The third-order valence-electron chi connectivity index (χ3n) is 2.50. The highest BCUT2D eigenvalue weighted by molar-refractivity contribution is 7.90. The standard InChI is InChI=1S/C11H19N3O3S/c1-14-5-3-9(8-14)7-13-11(15)10(12)4-6-18(2,16)17/h3,5,8,10H,4,6-7,12H2,1-2H3,(H,13,15). The van der Waals surface area contributed by atoms with E-state index < -0.39 is 15.9 Å². The van der Waals surface area contributed by atoms with Crippen molar-refractivity contribution < 1.29 is 13.2 Å². The summed E-state index contributed by atoms with van der Waals surface area (Å²) in [5.41, 5.74) is 6.59. The zero-order valence-electron chi connectivity index (χ0n) is 10.6. The number of hydrogen-bond acceptors (Lipinski definition) is 4. The van der Waals surface area contributed by atoms with E-state index in [4.69, 9.17) is 5.73 Å². The number of nitrogens with zero attached hydrogens (tertiary/aromatic N) is 1. The molecular formula is C11H19N3O3S. The van der Waals surface area contributed by atoms with Crippen LogP contribution in [-0.2, 0) is 28.2 Å². The molecule has 1 atom stereocenters. The van der Waals surface area contributed by atoms with E-state index in [1.807, 2.05) is 30.1 Å². The van der Waals surface area contributed by atoms with Crippen LogP contribution in [0.5, 0.6) is 0 Å². The largest absolute Gasteiger partial charge is 0.357 e. The summed E-state index contributed by atoms with van der Waals surface area (Å²) in [6.07, 6.45) is 5.04. The molecule has 1 heterocycles. The maximum atomic E-state index is 11.6. The number of sulfone groups is 1. The van der Waals surface area contributed by atoms with Crippen LogP contribution in [0.1, 0.15) is 12.0 Å². The molecule has 102 valence electrons. The van der Waals surface area contributed by atoms with Gasteiger partial charge in [0.15, 0.2) is 0 Å². The normalized spacial score (nSPS) is 13.3. The molecule has 1 aromatic rings. The summed E-state index contributed by atoms with van der Waals surface area (Å²) >= 11 is 0. The Morgan fingerprint density at radius 3 is 2.72 bits per heavy atom. The second kappa shape index (κ2) is 6.01. The van der Waals surface area contributed by atoms with Gasteiger partial charge in [-0.25, -0.2) is 8.42 Å². The van der Waals surface area contributed by atoms with Gasteiger partial charge in [-0.15, -0.1) is 0 Å². The van der Waals surface area contributed by atoms with Crippen LogP contribution in [-0.4, -0.2) is 36.9 Å². The highest BCUT2D eigenvalue weighted by atomic mass is 32.2. The summed E-state index contributed by atoms with van der Waals surface area (Å²) < 4.78 is 23.8. The maximum absolute atomic E-state index is 11.6. The van der Waals surface area contributed by atoms with Crippen molar-refractivity contribution in [3.8, 4) is 0 Å². The first-order chi connectivity index (χ1) is 8.28. The molecule has 7 heteroatoms. The third kappa shape index (κ3) is 5.33. The molecule has 1 unspecified atom stereocenters. The number of nitrogens with one attached hydrogen (secondary N) is 1. The van der Waals surface area contributed by atoms with Gasteiger partial charge in [0, 0.05) is 32.2 Å². The minimum atomic E-state index is -3.08. The van der Waals surface area contributed by atoms with Gasteiger partial charge in [0.1, 0.15) is 9.84 Å². The second-order valence-electron chi connectivity index (χ2n) is 4.43.